The Morgan fingerprint density at radius 3 is 2.42 bits per heavy atom. The van der Waals surface area contributed by atoms with Crippen molar-refractivity contribution in [2.24, 2.45) is 0 Å². The first-order valence-electron chi connectivity index (χ1n) is 4.42. The Kier molecular flexibility index (Phi) is 2.02. The van der Waals surface area contributed by atoms with E-state index in [1.807, 2.05) is 0 Å². The van der Waals surface area contributed by atoms with Gasteiger partial charge >= 0.3 is 5.97 Å². The first kappa shape index (κ1) is 7.65. The number of hydrogen-bond donors (Lipinski definition) is 0. The van der Waals surface area contributed by atoms with E-state index < -0.39 is 0 Å². The second kappa shape index (κ2) is 3.17. The first-order valence-corrected chi connectivity index (χ1v) is 4.42. The quantitative estimate of drug-likeness (QED) is 0.517. The molecule has 1 heterocycles. The van der Waals surface area contributed by atoms with Gasteiger partial charge in [0.15, 0.2) is 6.61 Å². The molecular formula is C9H12O3. The third kappa shape index (κ3) is 1.44. The van der Waals surface area contributed by atoms with Crippen LogP contribution in [0.5, 0.6) is 0 Å². The van der Waals surface area contributed by atoms with Crippen molar-refractivity contribution in [3.63, 3.8) is 0 Å². The van der Waals surface area contributed by atoms with Crippen LogP contribution in [0.25, 0.3) is 0 Å². The topological polar surface area (TPSA) is 35.5 Å². The maximum Gasteiger partial charge on any atom is 0.352 e. The summed E-state index contributed by atoms with van der Waals surface area (Å²) in [5, 5.41) is 0. The molecule has 2 rings (SSSR count). The van der Waals surface area contributed by atoms with Gasteiger partial charge < -0.3 is 9.47 Å². The molecule has 0 aromatic carbocycles. The molecule has 2 fully saturated rings. The van der Waals surface area contributed by atoms with E-state index in [1.54, 1.807) is 0 Å². The minimum absolute atomic E-state index is 0.0961. The van der Waals surface area contributed by atoms with Crippen LogP contribution in [0.1, 0.15) is 32.1 Å². The molecule has 0 aromatic heterocycles. The van der Waals surface area contributed by atoms with Crippen molar-refractivity contribution in [3.8, 4) is 0 Å². The number of hydrogen-bond acceptors (Lipinski definition) is 3. The second-order valence-corrected chi connectivity index (χ2v) is 3.21. The average Bonchev–Trinajstić information content (AvgIpc) is 2.54. The summed E-state index contributed by atoms with van der Waals surface area (Å²) in [5.74, 6) is 0.239. The molecule has 3 heteroatoms. The fraction of sp³-hybridized carbons (Fsp3) is 0.667. The molecule has 1 saturated carbocycles. The van der Waals surface area contributed by atoms with Crippen LogP contribution in [0.2, 0.25) is 0 Å². The normalized spacial score (nSPS) is 23.8. The average molecular weight is 168 g/mol. The van der Waals surface area contributed by atoms with Gasteiger partial charge in [-0.3, -0.25) is 0 Å². The molecule has 1 aliphatic carbocycles. The van der Waals surface area contributed by atoms with Crippen LogP contribution in [0.4, 0.5) is 0 Å². The highest BCUT2D eigenvalue weighted by atomic mass is 16.7. The van der Waals surface area contributed by atoms with Gasteiger partial charge in [-0.2, -0.15) is 0 Å². The third-order valence-corrected chi connectivity index (χ3v) is 2.27. The van der Waals surface area contributed by atoms with Crippen molar-refractivity contribution < 1.29 is 14.3 Å². The summed E-state index contributed by atoms with van der Waals surface area (Å²) in [6, 6.07) is 0. The number of carbonyl (C=O) groups is 1. The van der Waals surface area contributed by atoms with Gasteiger partial charge in [-0.25, -0.2) is 4.79 Å². The van der Waals surface area contributed by atoms with E-state index in [9.17, 15) is 4.79 Å². The third-order valence-electron chi connectivity index (χ3n) is 2.27. The van der Waals surface area contributed by atoms with Crippen molar-refractivity contribution in [1.29, 1.82) is 0 Å². The van der Waals surface area contributed by atoms with Crippen LogP contribution in [0.3, 0.4) is 0 Å². The summed E-state index contributed by atoms with van der Waals surface area (Å²) in [5.41, 5.74) is 1.19. The number of ether oxygens (including phenoxy) is 2. The van der Waals surface area contributed by atoms with E-state index in [4.69, 9.17) is 9.47 Å². The SMILES string of the molecule is O=C1COC(=C2CCCCC2)O1. The monoisotopic (exact) mass is 168 g/mol. The minimum atomic E-state index is -0.261. The molecule has 12 heavy (non-hydrogen) atoms. The van der Waals surface area contributed by atoms with Gasteiger partial charge in [0.2, 0.25) is 0 Å². The highest BCUT2D eigenvalue weighted by Crippen LogP contribution is 2.28. The summed E-state index contributed by atoms with van der Waals surface area (Å²) in [6.07, 6.45) is 5.73. The van der Waals surface area contributed by atoms with Crippen LogP contribution in [-0.2, 0) is 14.3 Å². The van der Waals surface area contributed by atoms with Crippen LogP contribution >= 0.6 is 0 Å². The second-order valence-electron chi connectivity index (χ2n) is 3.21. The molecule has 2 aliphatic rings. The largest absolute Gasteiger partial charge is 0.453 e. The standard InChI is InChI=1S/C9H12O3/c10-8-6-11-9(12-8)7-4-2-1-3-5-7/h1-6H2. The minimum Gasteiger partial charge on any atom is -0.453 e. The van der Waals surface area contributed by atoms with Crippen LogP contribution in [-0.4, -0.2) is 12.6 Å². The summed E-state index contributed by atoms with van der Waals surface area (Å²) in [4.78, 5) is 10.7. The zero-order chi connectivity index (χ0) is 8.39. The lowest BCUT2D eigenvalue weighted by molar-refractivity contribution is -0.134. The fourth-order valence-corrected chi connectivity index (χ4v) is 1.64. The van der Waals surface area contributed by atoms with Gasteiger partial charge in [0.25, 0.3) is 5.95 Å². The molecule has 0 amide bonds. The summed E-state index contributed by atoms with van der Waals surface area (Å²) in [6.45, 7) is 0.0961. The zero-order valence-electron chi connectivity index (χ0n) is 6.97. The maximum atomic E-state index is 10.7. The first-order chi connectivity index (χ1) is 5.86. The number of allylic oxidation sites excluding steroid dienone is 1. The molecule has 0 spiro atoms. The lowest BCUT2D eigenvalue weighted by atomic mass is 9.96. The maximum absolute atomic E-state index is 10.7. The molecule has 0 N–H and O–H groups in total. The van der Waals surface area contributed by atoms with Gasteiger partial charge in [0.1, 0.15) is 0 Å². The number of esters is 1. The highest BCUT2D eigenvalue weighted by molar-refractivity contribution is 5.73. The Morgan fingerprint density at radius 1 is 1.08 bits per heavy atom. The van der Waals surface area contributed by atoms with Crippen LogP contribution in [0, 0.1) is 0 Å². The Hall–Kier alpha value is -0.990. The van der Waals surface area contributed by atoms with Gasteiger partial charge in [0.05, 0.1) is 0 Å². The number of carbonyl (C=O) groups excluding carboxylic acids is 1. The Bertz CT molecular complexity index is 222. The fourth-order valence-electron chi connectivity index (χ4n) is 1.64. The van der Waals surface area contributed by atoms with E-state index in [1.165, 1.54) is 24.8 Å². The molecule has 3 nitrogen and oxygen atoms in total. The highest BCUT2D eigenvalue weighted by Gasteiger charge is 2.23. The lowest BCUT2D eigenvalue weighted by Gasteiger charge is -2.13. The van der Waals surface area contributed by atoms with E-state index in [2.05, 4.69) is 0 Å². The molecule has 0 bridgehead atoms. The van der Waals surface area contributed by atoms with Gasteiger partial charge in [-0.15, -0.1) is 0 Å². The molecule has 66 valence electrons. The molecule has 0 atom stereocenters. The van der Waals surface area contributed by atoms with Crippen molar-refractivity contribution in [3.05, 3.63) is 11.5 Å². The van der Waals surface area contributed by atoms with Gasteiger partial charge in [0, 0.05) is 5.57 Å². The number of cyclic esters (lactones) is 1. The predicted molar refractivity (Wildman–Crippen MR) is 42.2 cm³/mol. The molecule has 0 aromatic rings. The smallest absolute Gasteiger partial charge is 0.352 e. The van der Waals surface area contributed by atoms with Crippen molar-refractivity contribution in [2.45, 2.75) is 32.1 Å². The molecule has 1 aliphatic heterocycles. The Labute approximate surface area is 71.3 Å². The molecular weight excluding hydrogens is 156 g/mol. The zero-order valence-corrected chi connectivity index (χ0v) is 6.97. The van der Waals surface area contributed by atoms with Crippen LogP contribution in [0.15, 0.2) is 11.5 Å². The van der Waals surface area contributed by atoms with Crippen molar-refractivity contribution in [2.75, 3.05) is 6.61 Å². The van der Waals surface area contributed by atoms with E-state index in [-0.39, 0.29) is 12.6 Å². The molecule has 0 radical (unpaired) electrons. The summed E-state index contributed by atoms with van der Waals surface area (Å²) in [7, 11) is 0. The van der Waals surface area contributed by atoms with Gasteiger partial charge in [-0.1, -0.05) is 6.42 Å². The predicted octanol–water partition coefficient (Wildman–Crippen LogP) is 1.74. The molecule has 0 unspecified atom stereocenters. The van der Waals surface area contributed by atoms with E-state index >= 15 is 0 Å². The van der Waals surface area contributed by atoms with E-state index in [0.717, 1.165) is 12.8 Å². The lowest BCUT2D eigenvalue weighted by Crippen LogP contribution is -1.99. The van der Waals surface area contributed by atoms with Gasteiger partial charge in [-0.05, 0) is 25.7 Å². The van der Waals surface area contributed by atoms with Crippen molar-refractivity contribution in [1.82, 2.24) is 0 Å². The van der Waals surface area contributed by atoms with Crippen LogP contribution < -0.4 is 0 Å². The Balaban J connectivity index is 2.08. The van der Waals surface area contributed by atoms with Crippen molar-refractivity contribution >= 4 is 5.97 Å². The Morgan fingerprint density at radius 2 is 1.83 bits per heavy atom. The van der Waals surface area contributed by atoms with E-state index in [0.29, 0.717) is 5.95 Å². The summed E-state index contributed by atoms with van der Waals surface area (Å²) >= 11 is 0. The number of rotatable bonds is 0. The molecule has 1 saturated heterocycles. The summed E-state index contributed by atoms with van der Waals surface area (Å²) < 4.78 is 10.0.